The van der Waals surface area contributed by atoms with Crippen molar-refractivity contribution in [3.8, 4) is 0 Å². The van der Waals surface area contributed by atoms with Gasteiger partial charge in [-0.3, -0.25) is 4.79 Å². The summed E-state index contributed by atoms with van der Waals surface area (Å²) in [4.78, 5) is 12.0. The van der Waals surface area contributed by atoms with Gasteiger partial charge in [-0.15, -0.1) is 0 Å². The topological polar surface area (TPSA) is 17.1 Å². The molecule has 98 valence electrons. The summed E-state index contributed by atoms with van der Waals surface area (Å²) in [5.74, 6) is -1.75. The van der Waals surface area contributed by atoms with Crippen LogP contribution in [0.4, 0.5) is 8.78 Å². The van der Waals surface area contributed by atoms with Crippen LogP contribution in [-0.4, -0.2) is 5.78 Å². The molecule has 3 heteroatoms. The summed E-state index contributed by atoms with van der Waals surface area (Å²) in [6.45, 7) is 3.85. The lowest BCUT2D eigenvalue weighted by molar-refractivity contribution is 0.0992. The van der Waals surface area contributed by atoms with Crippen LogP contribution in [0.3, 0.4) is 0 Å². The van der Waals surface area contributed by atoms with Crippen LogP contribution in [0.5, 0.6) is 0 Å². The largest absolute Gasteiger partial charge is 0.294 e. The summed E-state index contributed by atoms with van der Waals surface area (Å²) in [6, 6.07) is 8.71. The van der Waals surface area contributed by atoms with Crippen LogP contribution in [0.25, 0.3) is 0 Å². The standard InChI is InChI=1S/C16H14F2O/c1-10-3-4-11(2)12(5-10)8-16(19)13-6-14(17)9-15(18)7-13/h3-7,9H,8H2,1-2H3. The minimum atomic E-state index is -0.732. The van der Waals surface area contributed by atoms with Gasteiger partial charge in [0, 0.05) is 18.1 Å². The van der Waals surface area contributed by atoms with Gasteiger partial charge in [-0.1, -0.05) is 23.8 Å². The van der Waals surface area contributed by atoms with Crippen LogP contribution in [0.2, 0.25) is 0 Å². The molecule has 0 aliphatic carbocycles. The van der Waals surface area contributed by atoms with Crippen LogP contribution in [0.15, 0.2) is 36.4 Å². The lowest BCUT2D eigenvalue weighted by Gasteiger charge is -2.07. The van der Waals surface area contributed by atoms with Crippen LogP contribution in [-0.2, 0) is 6.42 Å². The highest BCUT2D eigenvalue weighted by Gasteiger charge is 2.11. The van der Waals surface area contributed by atoms with E-state index in [9.17, 15) is 13.6 Å². The Hall–Kier alpha value is -2.03. The van der Waals surface area contributed by atoms with E-state index in [1.165, 1.54) is 0 Å². The first-order chi connectivity index (χ1) is 8.95. The van der Waals surface area contributed by atoms with Crippen molar-refractivity contribution in [3.05, 3.63) is 70.3 Å². The van der Waals surface area contributed by atoms with Gasteiger partial charge in [0.15, 0.2) is 5.78 Å². The number of carbonyl (C=O) groups is 1. The molecule has 0 radical (unpaired) electrons. The zero-order chi connectivity index (χ0) is 14.0. The van der Waals surface area contributed by atoms with Crippen LogP contribution < -0.4 is 0 Å². The summed E-state index contributed by atoms with van der Waals surface area (Å²) >= 11 is 0. The van der Waals surface area contributed by atoms with Crippen molar-refractivity contribution in [1.82, 2.24) is 0 Å². The first kappa shape index (κ1) is 13.4. The van der Waals surface area contributed by atoms with Gasteiger partial charge < -0.3 is 0 Å². The second kappa shape index (κ2) is 5.31. The minimum Gasteiger partial charge on any atom is -0.294 e. The molecular weight excluding hydrogens is 246 g/mol. The van der Waals surface area contributed by atoms with Gasteiger partial charge in [-0.05, 0) is 37.1 Å². The van der Waals surface area contributed by atoms with Crippen molar-refractivity contribution < 1.29 is 13.6 Å². The molecule has 0 bridgehead atoms. The predicted octanol–water partition coefficient (Wildman–Crippen LogP) is 4.01. The summed E-state index contributed by atoms with van der Waals surface area (Å²) in [5, 5.41) is 0. The Kier molecular flexibility index (Phi) is 3.74. The molecule has 2 aromatic rings. The number of ketones is 1. The zero-order valence-electron chi connectivity index (χ0n) is 10.8. The van der Waals surface area contributed by atoms with E-state index in [2.05, 4.69) is 0 Å². The smallest absolute Gasteiger partial charge is 0.167 e. The fraction of sp³-hybridized carbons (Fsp3) is 0.188. The van der Waals surface area contributed by atoms with E-state index in [-0.39, 0.29) is 17.8 Å². The molecule has 0 unspecified atom stereocenters. The molecule has 2 aromatic carbocycles. The lowest BCUT2D eigenvalue weighted by atomic mass is 9.98. The molecule has 0 fully saturated rings. The molecule has 0 saturated heterocycles. The highest BCUT2D eigenvalue weighted by atomic mass is 19.1. The number of aryl methyl sites for hydroxylation is 2. The second-order valence-electron chi connectivity index (χ2n) is 4.69. The van der Waals surface area contributed by atoms with E-state index >= 15 is 0 Å². The van der Waals surface area contributed by atoms with Crippen molar-refractivity contribution in [2.45, 2.75) is 20.3 Å². The fourth-order valence-electron chi connectivity index (χ4n) is 1.98. The summed E-state index contributed by atoms with van der Waals surface area (Å²) in [5.41, 5.74) is 3.00. The Morgan fingerprint density at radius 2 is 1.63 bits per heavy atom. The molecular formula is C16H14F2O. The zero-order valence-corrected chi connectivity index (χ0v) is 10.8. The maximum atomic E-state index is 13.1. The number of carbonyl (C=O) groups excluding carboxylic acids is 1. The van der Waals surface area contributed by atoms with E-state index in [0.717, 1.165) is 34.9 Å². The molecule has 0 aliphatic rings. The molecule has 0 heterocycles. The van der Waals surface area contributed by atoms with Gasteiger partial charge >= 0.3 is 0 Å². The third-order valence-corrected chi connectivity index (χ3v) is 3.04. The third kappa shape index (κ3) is 3.25. The SMILES string of the molecule is Cc1ccc(C)c(CC(=O)c2cc(F)cc(F)c2)c1. The number of Topliss-reactive ketones (excluding diaryl/α,β-unsaturated/α-hetero) is 1. The molecule has 0 atom stereocenters. The van der Waals surface area contributed by atoms with Crippen LogP contribution in [0.1, 0.15) is 27.0 Å². The average molecular weight is 260 g/mol. The highest BCUT2D eigenvalue weighted by Crippen LogP contribution is 2.15. The molecule has 0 N–H and O–H groups in total. The second-order valence-corrected chi connectivity index (χ2v) is 4.69. The van der Waals surface area contributed by atoms with Gasteiger partial charge in [-0.25, -0.2) is 8.78 Å². The normalized spacial score (nSPS) is 10.5. The molecule has 2 rings (SSSR count). The van der Waals surface area contributed by atoms with Crippen molar-refractivity contribution in [2.24, 2.45) is 0 Å². The number of rotatable bonds is 3. The Bertz CT molecular complexity index is 612. The van der Waals surface area contributed by atoms with E-state index in [0.29, 0.717) is 0 Å². The Labute approximate surface area is 110 Å². The summed E-state index contributed by atoms with van der Waals surface area (Å²) < 4.78 is 26.2. The summed E-state index contributed by atoms with van der Waals surface area (Å²) in [6.07, 6.45) is 0.149. The van der Waals surface area contributed by atoms with E-state index in [1.54, 1.807) is 0 Å². The van der Waals surface area contributed by atoms with E-state index in [4.69, 9.17) is 0 Å². The monoisotopic (exact) mass is 260 g/mol. The van der Waals surface area contributed by atoms with Gasteiger partial charge in [0.25, 0.3) is 0 Å². The van der Waals surface area contributed by atoms with Crippen LogP contribution in [0, 0.1) is 25.5 Å². The maximum Gasteiger partial charge on any atom is 0.167 e. The van der Waals surface area contributed by atoms with Crippen molar-refractivity contribution in [2.75, 3.05) is 0 Å². The number of hydrogen-bond acceptors (Lipinski definition) is 1. The number of benzene rings is 2. The van der Waals surface area contributed by atoms with E-state index < -0.39 is 11.6 Å². The van der Waals surface area contributed by atoms with Gasteiger partial charge in [0.2, 0.25) is 0 Å². The van der Waals surface area contributed by atoms with Gasteiger partial charge in [0.1, 0.15) is 11.6 Å². The molecule has 0 aliphatic heterocycles. The van der Waals surface area contributed by atoms with Crippen molar-refractivity contribution >= 4 is 5.78 Å². The molecule has 0 saturated carbocycles. The molecule has 0 aromatic heterocycles. The number of hydrogen-bond donors (Lipinski definition) is 0. The van der Waals surface area contributed by atoms with Gasteiger partial charge in [-0.2, -0.15) is 0 Å². The maximum absolute atomic E-state index is 13.1. The quantitative estimate of drug-likeness (QED) is 0.762. The average Bonchev–Trinajstić information content (AvgIpc) is 2.32. The van der Waals surface area contributed by atoms with Crippen molar-refractivity contribution in [1.29, 1.82) is 0 Å². The minimum absolute atomic E-state index is 0.0680. The highest BCUT2D eigenvalue weighted by molar-refractivity contribution is 5.97. The third-order valence-electron chi connectivity index (χ3n) is 3.04. The first-order valence-electron chi connectivity index (χ1n) is 6.01. The molecule has 19 heavy (non-hydrogen) atoms. The lowest BCUT2D eigenvalue weighted by Crippen LogP contribution is -2.06. The molecule has 0 amide bonds. The van der Waals surface area contributed by atoms with Crippen LogP contribution >= 0.6 is 0 Å². The first-order valence-corrected chi connectivity index (χ1v) is 6.01. The number of halogens is 2. The Morgan fingerprint density at radius 1 is 1.00 bits per heavy atom. The molecule has 1 nitrogen and oxygen atoms in total. The van der Waals surface area contributed by atoms with E-state index in [1.807, 2.05) is 32.0 Å². The fourth-order valence-corrected chi connectivity index (χ4v) is 1.98. The van der Waals surface area contributed by atoms with Crippen molar-refractivity contribution in [3.63, 3.8) is 0 Å². The predicted molar refractivity (Wildman–Crippen MR) is 70.3 cm³/mol. The Morgan fingerprint density at radius 3 is 2.26 bits per heavy atom. The van der Waals surface area contributed by atoms with Gasteiger partial charge in [0.05, 0.1) is 0 Å². The summed E-state index contributed by atoms with van der Waals surface area (Å²) in [7, 11) is 0. The molecule has 0 spiro atoms. The Balaban J connectivity index is 2.28.